The van der Waals surface area contributed by atoms with E-state index in [1.807, 2.05) is 32.9 Å². The molecule has 4 aromatic rings. The number of anilines is 1. The molecule has 1 saturated heterocycles. The van der Waals surface area contributed by atoms with Gasteiger partial charge < -0.3 is 19.3 Å². The van der Waals surface area contributed by atoms with E-state index in [-0.39, 0.29) is 36.1 Å². The zero-order valence-electron chi connectivity index (χ0n) is 44.5. The van der Waals surface area contributed by atoms with Gasteiger partial charge in [0.05, 0.1) is 54.1 Å². The third kappa shape index (κ3) is 11.5. The topological polar surface area (TPSA) is 161 Å². The molecule has 0 aromatic heterocycles. The van der Waals surface area contributed by atoms with Crippen molar-refractivity contribution in [2.24, 2.45) is 0 Å². The van der Waals surface area contributed by atoms with Crippen LogP contribution in [0.15, 0.2) is 120 Å². The van der Waals surface area contributed by atoms with Gasteiger partial charge in [-0.15, -0.1) is 0 Å². The maximum atomic E-state index is 13.6. The van der Waals surface area contributed by atoms with Crippen LogP contribution < -0.4 is 9.80 Å². The van der Waals surface area contributed by atoms with E-state index >= 15 is 0 Å². The number of nitrogens with zero attached hydrogens (tertiary/aromatic N) is 4. The molecule has 4 aliphatic rings. The second-order valence-corrected chi connectivity index (χ2v) is 24.4. The molecule has 3 heterocycles. The number of piperazine rings is 1. The molecule has 0 saturated carbocycles. The quantitative estimate of drug-likeness (QED) is 0.0274. The molecule has 2 N–H and O–H groups in total. The SMILES string of the molecule is CC[N+](CC)(CC)OS(=O)(=O)CCCN1C(=CC=C2CCC(C=CC3=[N+](CCCS(=O)(=O)[O-])c4ccc5ccccc5c4C3(C)C)=C2[NH+]2CCN(C(=O)OCCCCO)CC2)C(C)(C)c2c1ccc1ccccc21. The fraction of sp³-hybridized carbons (Fsp3) is 0.483. The van der Waals surface area contributed by atoms with E-state index < -0.39 is 36.8 Å². The van der Waals surface area contributed by atoms with Crippen molar-refractivity contribution < 1.29 is 54.4 Å². The highest BCUT2D eigenvalue weighted by molar-refractivity contribution is 7.86. The number of hydrogen-bond donors (Lipinski definition) is 2. The van der Waals surface area contributed by atoms with E-state index in [4.69, 9.17) is 9.02 Å². The van der Waals surface area contributed by atoms with Gasteiger partial charge in [-0.25, -0.2) is 13.2 Å². The summed E-state index contributed by atoms with van der Waals surface area (Å²) in [5.41, 5.74) is 9.19. The summed E-state index contributed by atoms with van der Waals surface area (Å²) in [7, 11) is -8.25. The minimum Gasteiger partial charge on any atom is -0.748 e. The molecule has 0 atom stereocenters. The number of aliphatic hydroxyl groups is 1. The van der Waals surface area contributed by atoms with E-state index in [0.717, 1.165) is 62.7 Å². The number of quaternary nitrogens is 2. The molecule has 1 fully saturated rings. The summed E-state index contributed by atoms with van der Waals surface area (Å²) in [6, 6.07) is 25.3. The van der Waals surface area contributed by atoms with Gasteiger partial charge in [0.2, 0.25) is 5.69 Å². The van der Waals surface area contributed by atoms with Crippen LogP contribution in [0.1, 0.15) is 98.1 Å². The number of benzene rings is 4. The van der Waals surface area contributed by atoms with Crippen LogP contribution in [0.25, 0.3) is 21.5 Å². The lowest BCUT2D eigenvalue weighted by molar-refractivity contribution is -1.08. The molecule has 1 amide bonds. The van der Waals surface area contributed by atoms with Gasteiger partial charge in [-0.3, -0.25) is 9.80 Å². The average Bonchev–Trinajstić information content (AvgIpc) is 3.96. The van der Waals surface area contributed by atoms with Gasteiger partial charge in [-0.05, 0) is 118 Å². The molecular weight excluding hydrogens is 975 g/mol. The fourth-order valence-electron chi connectivity index (χ4n) is 12.0. The zero-order valence-corrected chi connectivity index (χ0v) is 46.1. The second-order valence-electron chi connectivity index (χ2n) is 21.2. The van der Waals surface area contributed by atoms with E-state index in [0.29, 0.717) is 78.2 Å². The van der Waals surface area contributed by atoms with Gasteiger partial charge in [0, 0.05) is 71.0 Å². The summed E-state index contributed by atoms with van der Waals surface area (Å²) >= 11 is 0. The van der Waals surface area contributed by atoms with Crippen molar-refractivity contribution in [2.45, 2.75) is 97.8 Å². The summed E-state index contributed by atoms with van der Waals surface area (Å²) in [6.07, 6.45) is 11.9. The number of unbranched alkanes of at least 4 members (excludes halogenated alkanes) is 1. The zero-order chi connectivity index (χ0) is 53.1. The van der Waals surface area contributed by atoms with Crippen molar-refractivity contribution in [2.75, 3.05) is 88.5 Å². The van der Waals surface area contributed by atoms with Crippen LogP contribution in [0.5, 0.6) is 0 Å². The molecule has 1 aliphatic carbocycles. The minimum absolute atomic E-state index is 0.0545. The normalized spacial score (nSPS) is 19.3. The maximum absolute atomic E-state index is 13.6. The van der Waals surface area contributed by atoms with Crippen LogP contribution in [0.2, 0.25) is 0 Å². The van der Waals surface area contributed by atoms with E-state index in [1.54, 1.807) is 4.90 Å². The lowest BCUT2D eigenvalue weighted by Crippen LogP contribution is -3.13. The van der Waals surface area contributed by atoms with Crippen molar-refractivity contribution in [3.05, 3.63) is 131 Å². The maximum Gasteiger partial charge on any atom is 0.410 e. The van der Waals surface area contributed by atoms with Gasteiger partial charge in [-0.2, -0.15) is 17.6 Å². The number of fused-ring (bicyclic) bond motifs is 6. The van der Waals surface area contributed by atoms with Crippen LogP contribution in [-0.4, -0.2) is 136 Å². The largest absolute Gasteiger partial charge is 0.748 e. The molecule has 3 aliphatic heterocycles. The van der Waals surface area contributed by atoms with Gasteiger partial charge >= 0.3 is 16.2 Å². The van der Waals surface area contributed by atoms with E-state index in [1.165, 1.54) is 27.3 Å². The van der Waals surface area contributed by atoms with Gasteiger partial charge in [-0.1, -0.05) is 78.8 Å². The molecule has 14 nitrogen and oxygen atoms in total. The molecule has 16 heteroatoms. The first-order chi connectivity index (χ1) is 35.3. The first kappa shape index (κ1) is 55.0. The Bertz CT molecular complexity index is 3130. The van der Waals surface area contributed by atoms with Crippen LogP contribution in [0, 0.1) is 0 Å². The Morgan fingerprint density at radius 2 is 1.43 bits per heavy atom. The number of aliphatic hydroxyl groups excluding tert-OH is 1. The predicted molar refractivity (Wildman–Crippen MR) is 293 cm³/mol. The van der Waals surface area contributed by atoms with Crippen LogP contribution in [0.4, 0.5) is 16.2 Å². The number of hydrogen-bond acceptors (Lipinski definition) is 10. The Balaban J connectivity index is 1.19. The molecule has 4 aromatic carbocycles. The number of rotatable bonds is 21. The first-order valence-corrected chi connectivity index (χ1v) is 29.8. The average molecular weight is 1050 g/mol. The van der Waals surface area contributed by atoms with E-state index in [9.17, 15) is 31.3 Å². The standard InChI is InChI=1S/C58H76N5O9S2/c1-8-63(9-2,10-3)72-74(69,70)42-18-34-62-50-30-26-44-20-12-14-22-48(44)54(50)58(6,7)52(62)32-28-46-24-23-45(55(46)59-35-37-60(38-36-59)56(65)71-40-16-15-39-64)27-31-51-57(4,5)53-47-21-13-11-19-43(47)25-29-49(53)61(51)33-17-41-73(66,67)68/h11-14,19-22,25-32,64H,8-10,15-18,23-24,33-42H2,1-7H3/q+1/p+1. The molecule has 0 radical (unpaired) electrons. The molecule has 398 valence electrons. The van der Waals surface area contributed by atoms with Crippen LogP contribution in [-0.2, 0) is 40.1 Å². The van der Waals surface area contributed by atoms with Crippen molar-refractivity contribution >= 4 is 65.0 Å². The number of allylic oxidation sites excluding steroid dienone is 7. The number of nitrogens with one attached hydrogen (secondary N) is 1. The lowest BCUT2D eigenvalue weighted by atomic mass is 9.79. The fourth-order valence-corrected chi connectivity index (χ4v) is 13.8. The predicted octanol–water partition coefficient (Wildman–Crippen LogP) is 8.15. The highest BCUT2D eigenvalue weighted by atomic mass is 32.2. The summed E-state index contributed by atoms with van der Waals surface area (Å²) in [4.78, 5) is 18.5. The highest BCUT2D eigenvalue weighted by Crippen LogP contribution is 2.51. The summed E-state index contributed by atoms with van der Waals surface area (Å²) in [5.74, 6) is -0.560. The van der Waals surface area contributed by atoms with Gasteiger partial charge in [0.15, 0.2) is 5.71 Å². The van der Waals surface area contributed by atoms with Crippen LogP contribution in [0.3, 0.4) is 0 Å². The third-order valence-electron chi connectivity index (χ3n) is 16.0. The molecule has 8 rings (SSSR count). The lowest BCUT2D eigenvalue weighted by Gasteiger charge is -2.32. The minimum atomic E-state index is -4.41. The number of hydroxylamine groups is 3. The van der Waals surface area contributed by atoms with Crippen molar-refractivity contribution in [1.29, 1.82) is 0 Å². The molecule has 0 bridgehead atoms. The Morgan fingerprint density at radius 1 is 0.784 bits per heavy atom. The Kier molecular flexibility index (Phi) is 16.8. The Morgan fingerprint density at radius 3 is 2.08 bits per heavy atom. The van der Waals surface area contributed by atoms with E-state index in [2.05, 4.69) is 122 Å². The van der Waals surface area contributed by atoms with Crippen LogP contribution >= 0.6 is 0 Å². The number of ether oxygens (including phenoxy) is 1. The Labute approximate surface area is 439 Å². The van der Waals surface area contributed by atoms with Crippen molar-refractivity contribution in [3.63, 3.8) is 0 Å². The molecule has 74 heavy (non-hydrogen) atoms. The third-order valence-corrected chi connectivity index (χ3v) is 18.1. The number of carbonyl (C=O) groups is 1. The monoisotopic (exact) mass is 1050 g/mol. The molecule has 0 unspecified atom stereocenters. The van der Waals surface area contributed by atoms with Gasteiger partial charge in [0.1, 0.15) is 31.9 Å². The number of carbonyl (C=O) groups excluding carboxylic acids is 1. The summed E-state index contributed by atoms with van der Waals surface area (Å²) in [6.45, 7) is 20.0. The molecular formula is C58H77N5O9S2+2. The molecule has 0 spiro atoms. The Hall–Kier alpha value is -5.20. The van der Waals surface area contributed by atoms with Crippen molar-refractivity contribution in [1.82, 2.24) is 4.90 Å². The summed E-state index contributed by atoms with van der Waals surface area (Å²) in [5, 5.41) is 13.8. The van der Waals surface area contributed by atoms with Gasteiger partial charge in [0.25, 0.3) is 0 Å². The first-order valence-electron chi connectivity index (χ1n) is 26.7. The number of amides is 1. The second kappa shape index (κ2) is 22.6. The smallest absolute Gasteiger partial charge is 0.410 e. The highest BCUT2D eigenvalue weighted by Gasteiger charge is 2.46. The van der Waals surface area contributed by atoms with Crippen molar-refractivity contribution in [3.8, 4) is 0 Å². The summed E-state index contributed by atoms with van der Waals surface area (Å²) < 4.78 is 76.5.